The van der Waals surface area contributed by atoms with E-state index in [1.54, 1.807) is 0 Å². The van der Waals surface area contributed by atoms with Gasteiger partial charge in [-0.05, 0) is 0 Å². The van der Waals surface area contributed by atoms with Gasteiger partial charge in [0.05, 0.1) is 0 Å². The number of rotatable bonds is 1. The molecule has 2 heterocycles. The van der Waals surface area contributed by atoms with Crippen LogP contribution >= 0.6 is 11.6 Å². The molecule has 2 rings (SSSR count). The van der Waals surface area contributed by atoms with Crippen LogP contribution in [0, 0.1) is 0 Å². The molecule has 0 radical (unpaired) electrons. The largest absolute Gasteiger partial charge is 0.441 e. The molecule has 0 fully saturated rings. The zero-order valence-corrected chi connectivity index (χ0v) is 8.67. The molecule has 2 aromatic rings. The van der Waals surface area contributed by atoms with Crippen molar-refractivity contribution >= 4 is 28.6 Å². The predicted molar refractivity (Wildman–Crippen MR) is 55.3 cm³/mol. The number of aromatic nitrogens is 2. The quantitative estimate of drug-likeness (QED) is 0.788. The number of nitrogen functional groups attached to an aromatic ring is 1. The molecule has 5 heteroatoms. The Morgan fingerprint density at radius 2 is 2.14 bits per heavy atom. The molecule has 0 aliphatic carbocycles. The van der Waals surface area contributed by atoms with Crippen LogP contribution in [0.3, 0.4) is 0 Å². The number of furan rings is 1. The predicted octanol–water partition coefficient (Wildman–Crippen LogP) is 2.58. The summed E-state index contributed by atoms with van der Waals surface area (Å²) >= 11 is 5.74. The molecule has 0 amide bonds. The molecule has 0 aliphatic rings. The van der Waals surface area contributed by atoms with Gasteiger partial charge in [0.15, 0.2) is 11.0 Å². The van der Waals surface area contributed by atoms with Crippen molar-refractivity contribution in [3.05, 3.63) is 17.0 Å². The highest BCUT2D eigenvalue weighted by Gasteiger charge is 2.11. The highest BCUT2D eigenvalue weighted by molar-refractivity contribution is 6.31. The first-order chi connectivity index (χ1) is 6.58. The van der Waals surface area contributed by atoms with Crippen molar-refractivity contribution in [3.8, 4) is 0 Å². The van der Waals surface area contributed by atoms with E-state index >= 15 is 0 Å². The van der Waals surface area contributed by atoms with Crippen LogP contribution in [-0.4, -0.2) is 9.97 Å². The van der Waals surface area contributed by atoms with Gasteiger partial charge < -0.3 is 10.2 Å². The van der Waals surface area contributed by atoms with E-state index < -0.39 is 0 Å². The second kappa shape index (κ2) is 3.13. The summed E-state index contributed by atoms with van der Waals surface area (Å²) in [6, 6.07) is 1.83. The van der Waals surface area contributed by atoms with Crippen molar-refractivity contribution in [3.63, 3.8) is 0 Å². The van der Waals surface area contributed by atoms with Crippen molar-refractivity contribution in [1.29, 1.82) is 0 Å². The Morgan fingerprint density at radius 3 is 2.79 bits per heavy atom. The molecule has 0 aliphatic heterocycles. The van der Waals surface area contributed by atoms with Gasteiger partial charge >= 0.3 is 0 Å². The van der Waals surface area contributed by atoms with Crippen LogP contribution in [-0.2, 0) is 0 Å². The van der Waals surface area contributed by atoms with Crippen LogP contribution in [0.15, 0.2) is 10.5 Å². The number of nitrogens with zero attached hydrogens (tertiary/aromatic N) is 2. The second-order valence-electron chi connectivity index (χ2n) is 3.39. The Kier molecular flexibility index (Phi) is 2.07. The maximum atomic E-state index is 5.74. The standard InChI is InChI=1S/C9H10ClN3O/c1-4(2)6-3-5-9(14-6)13-8(11)7(10)12-5/h3-4H,1-2H3,(H2,11,13). The van der Waals surface area contributed by atoms with Gasteiger partial charge in [0.1, 0.15) is 11.3 Å². The average Bonchev–Trinajstić information content (AvgIpc) is 2.48. The third-order valence-corrected chi connectivity index (χ3v) is 2.21. The Morgan fingerprint density at radius 1 is 1.43 bits per heavy atom. The molecule has 0 saturated carbocycles. The number of fused-ring (bicyclic) bond motifs is 1. The maximum Gasteiger partial charge on any atom is 0.247 e. The molecular formula is C9H10ClN3O. The summed E-state index contributed by atoms with van der Waals surface area (Å²) in [6.07, 6.45) is 0. The summed E-state index contributed by atoms with van der Waals surface area (Å²) in [5.74, 6) is 1.33. The summed E-state index contributed by atoms with van der Waals surface area (Å²) in [6.45, 7) is 4.06. The molecule has 2 N–H and O–H groups in total. The molecule has 14 heavy (non-hydrogen) atoms. The SMILES string of the molecule is CC(C)c1cc2nc(Cl)c(N)nc2o1. The summed E-state index contributed by atoms with van der Waals surface area (Å²) in [4.78, 5) is 8.06. The highest BCUT2D eigenvalue weighted by Crippen LogP contribution is 2.25. The lowest BCUT2D eigenvalue weighted by molar-refractivity contribution is 0.514. The summed E-state index contributed by atoms with van der Waals surface area (Å²) < 4.78 is 5.45. The number of halogens is 1. The molecule has 0 aromatic carbocycles. The minimum Gasteiger partial charge on any atom is -0.441 e. The molecule has 4 nitrogen and oxygen atoms in total. The lowest BCUT2D eigenvalue weighted by Gasteiger charge is -1.95. The topological polar surface area (TPSA) is 64.9 Å². The lowest BCUT2D eigenvalue weighted by atomic mass is 10.2. The Balaban J connectivity index is 2.66. The fraction of sp³-hybridized carbons (Fsp3) is 0.333. The van der Waals surface area contributed by atoms with E-state index in [2.05, 4.69) is 9.97 Å². The van der Waals surface area contributed by atoms with E-state index in [1.165, 1.54) is 0 Å². The fourth-order valence-corrected chi connectivity index (χ4v) is 1.29. The molecule has 0 spiro atoms. The summed E-state index contributed by atoms with van der Waals surface area (Å²) in [7, 11) is 0. The van der Waals surface area contributed by atoms with Crippen LogP contribution in [0.1, 0.15) is 25.5 Å². The van der Waals surface area contributed by atoms with Gasteiger partial charge in [0, 0.05) is 12.0 Å². The lowest BCUT2D eigenvalue weighted by Crippen LogP contribution is -1.92. The zero-order valence-electron chi connectivity index (χ0n) is 7.91. The van der Waals surface area contributed by atoms with Crippen LogP contribution in [0.25, 0.3) is 11.2 Å². The third kappa shape index (κ3) is 1.42. The van der Waals surface area contributed by atoms with Crippen molar-refractivity contribution in [2.75, 3.05) is 5.73 Å². The molecule has 2 aromatic heterocycles. The highest BCUT2D eigenvalue weighted by atomic mass is 35.5. The minimum absolute atomic E-state index is 0.198. The second-order valence-corrected chi connectivity index (χ2v) is 3.75. The smallest absolute Gasteiger partial charge is 0.247 e. The van der Waals surface area contributed by atoms with E-state index in [9.17, 15) is 0 Å². The molecule has 74 valence electrons. The maximum absolute atomic E-state index is 5.74. The van der Waals surface area contributed by atoms with Crippen LogP contribution in [0.2, 0.25) is 5.15 Å². The summed E-state index contributed by atoms with van der Waals surface area (Å²) in [5.41, 5.74) is 6.59. The zero-order chi connectivity index (χ0) is 10.3. The van der Waals surface area contributed by atoms with Gasteiger partial charge in [-0.3, -0.25) is 0 Å². The van der Waals surface area contributed by atoms with Crippen LogP contribution in [0.5, 0.6) is 0 Å². The normalized spacial score (nSPS) is 11.4. The number of hydrogen-bond acceptors (Lipinski definition) is 4. The van der Waals surface area contributed by atoms with Crippen LogP contribution < -0.4 is 5.73 Å². The Hall–Kier alpha value is -1.29. The number of hydrogen-bond donors (Lipinski definition) is 1. The van der Waals surface area contributed by atoms with Crippen molar-refractivity contribution in [1.82, 2.24) is 9.97 Å². The molecule has 0 bridgehead atoms. The Labute approximate surface area is 86.1 Å². The van der Waals surface area contributed by atoms with Gasteiger partial charge in [0.25, 0.3) is 0 Å². The monoisotopic (exact) mass is 211 g/mol. The van der Waals surface area contributed by atoms with Crippen LogP contribution in [0.4, 0.5) is 5.82 Å². The third-order valence-electron chi connectivity index (χ3n) is 1.93. The minimum atomic E-state index is 0.198. The van der Waals surface area contributed by atoms with Gasteiger partial charge in [-0.1, -0.05) is 25.4 Å². The van der Waals surface area contributed by atoms with Gasteiger partial charge in [-0.15, -0.1) is 0 Å². The van der Waals surface area contributed by atoms with Gasteiger partial charge in [-0.25, -0.2) is 4.98 Å². The molecule has 0 unspecified atom stereocenters. The van der Waals surface area contributed by atoms with Crippen molar-refractivity contribution in [2.24, 2.45) is 0 Å². The van der Waals surface area contributed by atoms with Crippen molar-refractivity contribution in [2.45, 2.75) is 19.8 Å². The van der Waals surface area contributed by atoms with Gasteiger partial charge in [0.2, 0.25) is 5.71 Å². The first-order valence-corrected chi connectivity index (χ1v) is 4.68. The fourth-order valence-electron chi connectivity index (χ4n) is 1.15. The summed E-state index contributed by atoms with van der Waals surface area (Å²) in [5, 5.41) is 0.216. The van der Waals surface area contributed by atoms with E-state index in [0.717, 1.165) is 5.76 Å². The average molecular weight is 212 g/mol. The van der Waals surface area contributed by atoms with Gasteiger partial charge in [-0.2, -0.15) is 4.98 Å². The molecular weight excluding hydrogens is 202 g/mol. The first kappa shape index (κ1) is 9.27. The number of nitrogens with two attached hydrogens (primary N) is 1. The van der Waals surface area contributed by atoms with E-state index in [4.69, 9.17) is 21.8 Å². The number of anilines is 1. The van der Waals surface area contributed by atoms with Crippen molar-refractivity contribution < 1.29 is 4.42 Å². The van der Waals surface area contributed by atoms with E-state index in [1.807, 2.05) is 19.9 Å². The molecule has 0 saturated heterocycles. The molecule has 0 atom stereocenters. The van der Waals surface area contributed by atoms with E-state index in [-0.39, 0.29) is 11.0 Å². The van der Waals surface area contributed by atoms with E-state index in [0.29, 0.717) is 17.1 Å². The first-order valence-electron chi connectivity index (χ1n) is 4.30. The Bertz CT molecular complexity index is 439.